The fraction of sp³-hybridized carbons (Fsp3) is 0.457. The minimum atomic E-state index is -1.73. The molecule has 0 saturated carbocycles. The average Bonchev–Trinajstić information content (AvgIpc) is 3.70. The third-order valence-electron chi connectivity index (χ3n) is 9.58. The summed E-state index contributed by atoms with van der Waals surface area (Å²) >= 11 is 7.49. The first kappa shape index (κ1) is 36.9. The number of β-amino-alcohol motifs (C(OH)–C–C–N with tert-alkyl or cyclic N) is 1. The highest BCUT2D eigenvalue weighted by molar-refractivity contribution is 8.18. The summed E-state index contributed by atoms with van der Waals surface area (Å²) < 4.78 is 29.9. The highest BCUT2D eigenvalue weighted by Gasteiger charge is 2.37. The van der Waals surface area contributed by atoms with Crippen LogP contribution in [0.25, 0.3) is 6.08 Å². The number of nitrogens with zero attached hydrogens (tertiary/aromatic N) is 8. The van der Waals surface area contributed by atoms with Crippen LogP contribution in [0.15, 0.2) is 54.0 Å². The molecule has 3 saturated heterocycles. The number of halogens is 3. The quantitative estimate of drug-likeness (QED) is 0.216. The van der Waals surface area contributed by atoms with Crippen LogP contribution in [0.3, 0.4) is 0 Å². The number of benzene rings is 2. The Hall–Kier alpha value is -3.89. The molecule has 51 heavy (non-hydrogen) atoms. The first-order valence-electron chi connectivity index (χ1n) is 17.0. The summed E-state index contributed by atoms with van der Waals surface area (Å²) in [6.07, 6.45) is 5.69. The Labute approximate surface area is 304 Å². The van der Waals surface area contributed by atoms with Crippen molar-refractivity contribution in [3.8, 4) is 0 Å². The molecular weight excluding hydrogens is 702 g/mol. The smallest absolute Gasteiger partial charge is 0.293 e. The van der Waals surface area contributed by atoms with Gasteiger partial charge in [-0.15, -0.1) is 0 Å². The third-order valence-corrected chi connectivity index (χ3v) is 10.8. The van der Waals surface area contributed by atoms with E-state index in [1.807, 2.05) is 17.0 Å². The second-order valence-corrected chi connectivity index (χ2v) is 14.6. The van der Waals surface area contributed by atoms with Crippen molar-refractivity contribution < 1.29 is 28.3 Å². The fourth-order valence-corrected chi connectivity index (χ4v) is 7.79. The molecule has 1 unspecified atom stereocenters. The van der Waals surface area contributed by atoms with Gasteiger partial charge in [0.1, 0.15) is 29.9 Å². The standard InChI is InChI=1S/C35H41ClF2N8O4S/c1-41-11-15-43(16-12-41)30-6-4-5-28(36)26(30)20-31-33(48)46(34(49)51-31)10-3-2-7-32(47)44-17-13-42(14-18-44)21-35(50,22-45-24-39-23-40-45)27-9-8-25(37)19-29(27)38/h4-6,8-9,19-20,23-24,50H,2-3,7,10-18,21-22H2,1H3. The lowest BCUT2D eigenvalue weighted by Gasteiger charge is -2.39. The summed E-state index contributed by atoms with van der Waals surface area (Å²) in [4.78, 5) is 52.8. The Morgan fingerprint density at radius 2 is 1.78 bits per heavy atom. The summed E-state index contributed by atoms with van der Waals surface area (Å²) in [7, 11) is 2.08. The number of thioether (sulfide) groups is 1. The van der Waals surface area contributed by atoms with Crippen LogP contribution in [0.4, 0.5) is 19.3 Å². The molecule has 4 heterocycles. The predicted molar refractivity (Wildman–Crippen MR) is 191 cm³/mol. The van der Waals surface area contributed by atoms with Gasteiger partial charge in [0, 0.05) is 99.8 Å². The van der Waals surface area contributed by atoms with E-state index in [-0.39, 0.29) is 48.7 Å². The van der Waals surface area contributed by atoms with Gasteiger partial charge in [-0.3, -0.25) is 24.2 Å². The summed E-state index contributed by atoms with van der Waals surface area (Å²) in [6, 6.07) is 8.75. The number of anilines is 1. The van der Waals surface area contributed by atoms with Crippen molar-refractivity contribution >= 4 is 52.2 Å². The van der Waals surface area contributed by atoms with E-state index in [1.165, 1.54) is 28.3 Å². The van der Waals surface area contributed by atoms with Crippen LogP contribution in [0, 0.1) is 11.6 Å². The van der Waals surface area contributed by atoms with Crippen LogP contribution in [0.1, 0.15) is 30.4 Å². The Morgan fingerprint density at radius 1 is 1.02 bits per heavy atom. The van der Waals surface area contributed by atoms with Gasteiger partial charge in [-0.25, -0.2) is 18.4 Å². The van der Waals surface area contributed by atoms with Crippen LogP contribution in [0.5, 0.6) is 0 Å². The highest BCUT2D eigenvalue weighted by Crippen LogP contribution is 2.37. The maximum atomic E-state index is 14.8. The molecule has 3 aliphatic heterocycles. The highest BCUT2D eigenvalue weighted by atomic mass is 35.5. The van der Waals surface area contributed by atoms with Gasteiger partial charge >= 0.3 is 0 Å². The zero-order chi connectivity index (χ0) is 36.1. The van der Waals surface area contributed by atoms with Gasteiger partial charge in [0.25, 0.3) is 11.1 Å². The zero-order valence-electron chi connectivity index (χ0n) is 28.4. The number of piperazine rings is 2. The van der Waals surface area contributed by atoms with Gasteiger partial charge in [0.05, 0.1) is 11.4 Å². The third kappa shape index (κ3) is 8.78. The van der Waals surface area contributed by atoms with Crippen LogP contribution in [-0.2, 0) is 21.7 Å². The molecule has 3 fully saturated rings. The predicted octanol–water partition coefficient (Wildman–Crippen LogP) is 3.90. The van der Waals surface area contributed by atoms with Crippen molar-refractivity contribution in [1.82, 2.24) is 34.4 Å². The Kier molecular flexibility index (Phi) is 11.7. The summed E-state index contributed by atoms with van der Waals surface area (Å²) in [5, 5.41) is 15.9. The number of amides is 3. The molecule has 0 radical (unpaired) electrons. The minimum absolute atomic E-state index is 0.0391. The van der Waals surface area contributed by atoms with E-state index >= 15 is 0 Å². The molecule has 6 rings (SSSR count). The number of hydrogen-bond acceptors (Lipinski definition) is 10. The number of likely N-dealkylation sites (N-methyl/N-ethyl adjacent to an activating group) is 1. The Bertz CT molecular complexity index is 1770. The van der Waals surface area contributed by atoms with Gasteiger partial charge in [-0.05, 0) is 55.9 Å². The molecule has 0 bridgehead atoms. The summed E-state index contributed by atoms with van der Waals surface area (Å²) in [5.41, 5.74) is -0.114. The zero-order valence-corrected chi connectivity index (χ0v) is 30.0. The molecule has 3 aromatic rings. The number of aromatic nitrogens is 3. The number of unbranched alkanes of at least 4 members (excludes halogenated alkanes) is 1. The Balaban J connectivity index is 0.985. The molecule has 3 amide bonds. The van der Waals surface area contributed by atoms with E-state index in [0.29, 0.717) is 48.9 Å². The van der Waals surface area contributed by atoms with E-state index < -0.39 is 17.2 Å². The number of carbonyl (C=O) groups is 3. The van der Waals surface area contributed by atoms with E-state index in [0.717, 1.165) is 61.3 Å². The van der Waals surface area contributed by atoms with Crippen LogP contribution >= 0.6 is 23.4 Å². The maximum absolute atomic E-state index is 14.8. The monoisotopic (exact) mass is 742 g/mol. The number of rotatable bonds is 12. The average molecular weight is 743 g/mol. The van der Waals surface area contributed by atoms with Gasteiger partial charge in [-0.1, -0.05) is 23.7 Å². The van der Waals surface area contributed by atoms with Crippen LogP contribution in [-0.4, -0.2) is 129 Å². The van der Waals surface area contributed by atoms with Gasteiger partial charge in [0.2, 0.25) is 5.91 Å². The number of hydrogen-bond donors (Lipinski definition) is 1. The largest absolute Gasteiger partial charge is 0.382 e. The topological polar surface area (TPSA) is 118 Å². The molecule has 3 aliphatic rings. The van der Waals surface area contributed by atoms with Crippen molar-refractivity contribution in [3.63, 3.8) is 0 Å². The lowest BCUT2D eigenvalue weighted by Crippen LogP contribution is -2.53. The van der Waals surface area contributed by atoms with E-state index in [2.05, 4.69) is 26.9 Å². The molecular formula is C35H41ClF2N8O4S. The molecule has 0 aliphatic carbocycles. The number of imide groups is 1. The van der Waals surface area contributed by atoms with Crippen molar-refractivity contribution in [2.75, 3.05) is 77.4 Å². The van der Waals surface area contributed by atoms with Crippen molar-refractivity contribution in [3.05, 3.63) is 81.7 Å². The lowest BCUT2D eigenvalue weighted by molar-refractivity contribution is -0.133. The first-order chi connectivity index (χ1) is 24.5. The summed E-state index contributed by atoms with van der Waals surface area (Å²) in [6.45, 7) is 5.37. The molecule has 16 heteroatoms. The lowest BCUT2D eigenvalue weighted by atomic mass is 9.92. The molecule has 12 nitrogen and oxygen atoms in total. The van der Waals surface area contributed by atoms with Gasteiger partial charge in [-0.2, -0.15) is 5.10 Å². The molecule has 272 valence electrons. The molecule has 0 spiro atoms. The van der Waals surface area contributed by atoms with Crippen LogP contribution < -0.4 is 4.90 Å². The van der Waals surface area contributed by atoms with Gasteiger partial charge < -0.3 is 19.8 Å². The minimum Gasteiger partial charge on any atom is -0.382 e. The number of aliphatic hydroxyl groups is 1. The Morgan fingerprint density at radius 3 is 2.49 bits per heavy atom. The van der Waals surface area contributed by atoms with Crippen molar-refractivity contribution in [1.29, 1.82) is 0 Å². The molecule has 1 atom stereocenters. The van der Waals surface area contributed by atoms with E-state index in [1.54, 1.807) is 17.0 Å². The molecule has 1 N–H and O–H groups in total. The summed E-state index contributed by atoms with van der Waals surface area (Å²) in [5.74, 6) is -2.00. The second-order valence-electron chi connectivity index (χ2n) is 13.2. The van der Waals surface area contributed by atoms with Crippen LogP contribution in [0.2, 0.25) is 5.02 Å². The first-order valence-corrected chi connectivity index (χ1v) is 18.2. The molecule has 2 aromatic carbocycles. The van der Waals surface area contributed by atoms with Gasteiger partial charge in [0.15, 0.2) is 0 Å². The SMILES string of the molecule is CN1CCN(c2cccc(Cl)c2C=C2SC(=O)N(CCCCC(=O)N3CCN(CC(O)(Cn4cncn4)c4ccc(F)cc4F)CC3)C2=O)CC1. The van der Waals surface area contributed by atoms with E-state index in [4.69, 9.17) is 11.6 Å². The normalized spacial score (nSPS) is 19.7. The number of carbonyl (C=O) groups excluding carboxylic acids is 3. The second kappa shape index (κ2) is 16.2. The fourth-order valence-electron chi connectivity index (χ4n) is 6.71. The van der Waals surface area contributed by atoms with Crippen molar-refractivity contribution in [2.45, 2.75) is 31.4 Å². The molecule has 1 aromatic heterocycles. The van der Waals surface area contributed by atoms with Crippen molar-refractivity contribution in [2.24, 2.45) is 0 Å². The van der Waals surface area contributed by atoms with E-state index in [9.17, 15) is 28.3 Å². The maximum Gasteiger partial charge on any atom is 0.293 e.